The standard InChI is InChI=1S/C23H20N4O4S/c1-32(30,31)20-13-11-18(12-14-20)26-22(17-5-3-2-4-6-17)15-21(25-26)16-7-9-19(10-8-16)27(29)23(24)28/h2-15,29H,1H3,(H2,24,28). The van der Waals surface area contributed by atoms with Crippen LogP contribution in [0.5, 0.6) is 0 Å². The molecule has 0 radical (unpaired) electrons. The second kappa shape index (κ2) is 8.29. The topological polar surface area (TPSA) is 119 Å². The number of carbonyl (C=O) groups is 1. The zero-order valence-corrected chi connectivity index (χ0v) is 17.9. The third kappa shape index (κ3) is 4.25. The number of hydrogen-bond donors (Lipinski definition) is 2. The van der Waals surface area contributed by atoms with Crippen molar-refractivity contribution in [2.45, 2.75) is 4.90 Å². The molecular formula is C23H20N4O4S. The van der Waals surface area contributed by atoms with Crippen molar-refractivity contribution >= 4 is 21.6 Å². The molecule has 0 bridgehead atoms. The van der Waals surface area contributed by atoms with Crippen LogP contribution in [-0.4, -0.2) is 35.7 Å². The molecule has 0 unspecified atom stereocenters. The molecule has 4 aromatic rings. The molecule has 32 heavy (non-hydrogen) atoms. The van der Waals surface area contributed by atoms with Crippen LogP contribution in [0.2, 0.25) is 0 Å². The fourth-order valence-electron chi connectivity index (χ4n) is 3.27. The van der Waals surface area contributed by atoms with E-state index in [2.05, 4.69) is 0 Å². The summed E-state index contributed by atoms with van der Waals surface area (Å²) in [6.45, 7) is 0. The maximum Gasteiger partial charge on any atom is 0.343 e. The van der Waals surface area contributed by atoms with Crippen LogP contribution in [-0.2, 0) is 9.84 Å². The summed E-state index contributed by atoms with van der Waals surface area (Å²) >= 11 is 0. The van der Waals surface area contributed by atoms with E-state index in [1.54, 1.807) is 53.2 Å². The molecule has 0 atom stereocenters. The lowest BCUT2D eigenvalue weighted by Gasteiger charge is -2.11. The molecule has 0 spiro atoms. The number of rotatable bonds is 5. The molecule has 0 aliphatic carbocycles. The van der Waals surface area contributed by atoms with E-state index in [0.29, 0.717) is 16.4 Å². The predicted octanol–water partition coefficient (Wildman–Crippen LogP) is 3.88. The van der Waals surface area contributed by atoms with Gasteiger partial charge < -0.3 is 5.73 Å². The maximum absolute atomic E-state index is 11.8. The van der Waals surface area contributed by atoms with E-state index in [4.69, 9.17) is 10.8 Å². The molecule has 0 saturated carbocycles. The highest BCUT2D eigenvalue weighted by molar-refractivity contribution is 7.90. The Bertz CT molecular complexity index is 1360. The highest BCUT2D eigenvalue weighted by Gasteiger charge is 2.15. The van der Waals surface area contributed by atoms with Crippen LogP contribution in [0.3, 0.4) is 0 Å². The quantitative estimate of drug-likeness (QED) is 0.355. The summed E-state index contributed by atoms with van der Waals surface area (Å²) < 4.78 is 25.3. The zero-order valence-electron chi connectivity index (χ0n) is 17.1. The van der Waals surface area contributed by atoms with E-state index in [1.807, 2.05) is 36.4 Å². The van der Waals surface area contributed by atoms with Crippen molar-refractivity contribution in [1.82, 2.24) is 9.78 Å². The Labute approximate surface area is 185 Å². The van der Waals surface area contributed by atoms with Gasteiger partial charge in [0.25, 0.3) is 0 Å². The Morgan fingerprint density at radius 2 is 1.56 bits per heavy atom. The molecule has 162 valence electrons. The monoisotopic (exact) mass is 448 g/mol. The Morgan fingerprint density at radius 3 is 2.12 bits per heavy atom. The number of primary amides is 1. The van der Waals surface area contributed by atoms with Crippen LogP contribution in [0.15, 0.2) is 89.8 Å². The molecule has 3 N–H and O–H groups in total. The number of urea groups is 1. The zero-order chi connectivity index (χ0) is 22.9. The fourth-order valence-corrected chi connectivity index (χ4v) is 3.90. The number of carbonyl (C=O) groups excluding carboxylic acids is 1. The molecule has 9 heteroatoms. The van der Waals surface area contributed by atoms with E-state index in [1.165, 1.54) is 6.26 Å². The van der Waals surface area contributed by atoms with Gasteiger partial charge in [0.15, 0.2) is 9.84 Å². The SMILES string of the molecule is CS(=O)(=O)c1ccc(-n2nc(-c3ccc(N(O)C(N)=O)cc3)cc2-c2ccccc2)cc1. The number of anilines is 1. The van der Waals surface area contributed by atoms with Crippen molar-refractivity contribution in [1.29, 1.82) is 0 Å². The molecule has 1 heterocycles. The van der Waals surface area contributed by atoms with E-state index in [0.717, 1.165) is 16.8 Å². The number of nitrogens with two attached hydrogens (primary N) is 1. The van der Waals surface area contributed by atoms with Crippen molar-refractivity contribution in [3.63, 3.8) is 0 Å². The molecule has 8 nitrogen and oxygen atoms in total. The first-order chi connectivity index (χ1) is 15.2. The van der Waals surface area contributed by atoms with Crippen LogP contribution in [0.4, 0.5) is 10.5 Å². The van der Waals surface area contributed by atoms with Crippen molar-refractivity contribution in [2.24, 2.45) is 5.73 Å². The molecule has 0 aliphatic heterocycles. The third-order valence-corrected chi connectivity index (χ3v) is 6.03. The van der Waals surface area contributed by atoms with Gasteiger partial charge in [-0.3, -0.25) is 5.21 Å². The van der Waals surface area contributed by atoms with E-state index in [-0.39, 0.29) is 10.6 Å². The van der Waals surface area contributed by atoms with Gasteiger partial charge in [-0.1, -0.05) is 42.5 Å². The molecular weight excluding hydrogens is 428 g/mol. The Kier molecular flexibility index (Phi) is 5.52. The first-order valence-electron chi connectivity index (χ1n) is 9.59. The van der Waals surface area contributed by atoms with Gasteiger partial charge in [0.05, 0.1) is 27.7 Å². The largest absolute Gasteiger partial charge is 0.349 e. The van der Waals surface area contributed by atoms with Gasteiger partial charge in [0, 0.05) is 17.4 Å². The summed E-state index contributed by atoms with van der Waals surface area (Å²) in [6.07, 6.45) is 1.17. The number of sulfone groups is 1. The van der Waals surface area contributed by atoms with Gasteiger partial charge in [-0.15, -0.1) is 0 Å². The second-order valence-electron chi connectivity index (χ2n) is 7.16. The van der Waals surface area contributed by atoms with Gasteiger partial charge in [0.1, 0.15) is 0 Å². The number of hydrogen-bond acceptors (Lipinski definition) is 5. The Morgan fingerprint density at radius 1 is 0.938 bits per heavy atom. The van der Waals surface area contributed by atoms with Crippen molar-refractivity contribution < 1.29 is 18.4 Å². The molecule has 4 rings (SSSR count). The molecule has 1 aromatic heterocycles. The van der Waals surface area contributed by atoms with Crippen LogP contribution >= 0.6 is 0 Å². The number of hydroxylamine groups is 1. The average molecular weight is 449 g/mol. The third-order valence-electron chi connectivity index (χ3n) is 4.90. The minimum Gasteiger partial charge on any atom is -0.349 e. The second-order valence-corrected chi connectivity index (χ2v) is 9.17. The first kappa shape index (κ1) is 21.3. The normalized spacial score (nSPS) is 11.3. The van der Waals surface area contributed by atoms with Gasteiger partial charge in [-0.2, -0.15) is 10.2 Å². The lowest BCUT2D eigenvalue weighted by atomic mass is 10.1. The van der Waals surface area contributed by atoms with Crippen molar-refractivity contribution in [3.8, 4) is 28.2 Å². The minimum absolute atomic E-state index is 0.230. The smallest absolute Gasteiger partial charge is 0.343 e. The summed E-state index contributed by atoms with van der Waals surface area (Å²) in [5, 5.41) is 14.8. The van der Waals surface area contributed by atoms with Crippen LogP contribution in [0.1, 0.15) is 0 Å². The van der Waals surface area contributed by atoms with E-state index < -0.39 is 15.9 Å². The first-order valence-corrected chi connectivity index (χ1v) is 11.5. The molecule has 3 aromatic carbocycles. The lowest BCUT2D eigenvalue weighted by Crippen LogP contribution is -2.32. The number of benzene rings is 3. The fraction of sp³-hybridized carbons (Fsp3) is 0.0435. The molecule has 2 amide bonds. The highest BCUT2D eigenvalue weighted by Crippen LogP contribution is 2.30. The van der Waals surface area contributed by atoms with Crippen LogP contribution < -0.4 is 10.8 Å². The van der Waals surface area contributed by atoms with E-state index >= 15 is 0 Å². The molecule has 0 saturated heterocycles. The average Bonchev–Trinajstić information content (AvgIpc) is 3.24. The Balaban J connectivity index is 1.79. The van der Waals surface area contributed by atoms with Gasteiger partial charge in [-0.25, -0.2) is 17.9 Å². The van der Waals surface area contributed by atoms with Gasteiger partial charge in [-0.05, 0) is 42.5 Å². The van der Waals surface area contributed by atoms with Crippen molar-refractivity contribution in [2.75, 3.05) is 11.3 Å². The summed E-state index contributed by atoms with van der Waals surface area (Å²) in [7, 11) is -3.31. The predicted molar refractivity (Wildman–Crippen MR) is 121 cm³/mol. The molecule has 0 aliphatic rings. The summed E-state index contributed by atoms with van der Waals surface area (Å²) in [6, 6.07) is 23.7. The Hall–Kier alpha value is -3.95. The summed E-state index contributed by atoms with van der Waals surface area (Å²) in [5.74, 6) is 0. The minimum atomic E-state index is -3.31. The lowest BCUT2D eigenvalue weighted by molar-refractivity contribution is 0.212. The number of amides is 2. The van der Waals surface area contributed by atoms with Crippen LogP contribution in [0.25, 0.3) is 28.2 Å². The van der Waals surface area contributed by atoms with Crippen LogP contribution in [0, 0.1) is 0 Å². The van der Waals surface area contributed by atoms with Crippen molar-refractivity contribution in [3.05, 3.63) is 84.9 Å². The number of aromatic nitrogens is 2. The van der Waals surface area contributed by atoms with Gasteiger partial charge >= 0.3 is 6.03 Å². The summed E-state index contributed by atoms with van der Waals surface area (Å²) in [5.41, 5.74) is 9.20. The maximum atomic E-state index is 11.8. The van der Waals surface area contributed by atoms with E-state index in [9.17, 15) is 18.4 Å². The number of nitrogens with zero attached hydrogens (tertiary/aromatic N) is 3. The van der Waals surface area contributed by atoms with Gasteiger partial charge in [0.2, 0.25) is 0 Å². The molecule has 0 fully saturated rings. The highest BCUT2D eigenvalue weighted by atomic mass is 32.2. The summed E-state index contributed by atoms with van der Waals surface area (Å²) in [4.78, 5) is 11.4.